The number of amides is 1. The second kappa shape index (κ2) is 7.07. The number of likely N-dealkylation sites (tertiary alicyclic amines) is 1. The first-order valence-corrected chi connectivity index (χ1v) is 7.80. The largest absolute Gasteiger partial charge is 0.327 e. The van der Waals surface area contributed by atoms with Crippen LogP contribution in [0.2, 0.25) is 5.02 Å². The van der Waals surface area contributed by atoms with E-state index in [9.17, 15) is 14.9 Å². The fourth-order valence-electron chi connectivity index (χ4n) is 3.26. The summed E-state index contributed by atoms with van der Waals surface area (Å²) in [4.78, 5) is 23.9. The summed E-state index contributed by atoms with van der Waals surface area (Å²) in [6.45, 7) is 6.61. The molecule has 120 valence electrons. The average Bonchev–Trinajstić information content (AvgIpc) is 2.36. The maximum Gasteiger partial charge on any atom is 0.292 e. The second-order valence-corrected chi connectivity index (χ2v) is 6.68. The summed E-state index contributed by atoms with van der Waals surface area (Å²) in [5, 5.41) is 14.0. The smallest absolute Gasteiger partial charge is 0.292 e. The molecular formula is C15H21ClN3O3+. The number of quaternary nitrogens is 1. The van der Waals surface area contributed by atoms with Crippen molar-refractivity contribution in [3.8, 4) is 0 Å². The highest BCUT2D eigenvalue weighted by Crippen LogP contribution is 2.27. The van der Waals surface area contributed by atoms with Crippen LogP contribution in [-0.2, 0) is 4.79 Å². The number of nitro groups is 1. The molecule has 2 rings (SSSR count). The van der Waals surface area contributed by atoms with E-state index in [1.807, 2.05) is 0 Å². The van der Waals surface area contributed by atoms with Crippen molar-refractivity contribution in [2.45, 2.75) is 20.3 Å². The minimum Gasteiger partial charge on any atom is -0.327 e. The van der Waals surface area contributed by atoms with E-state index in [2.05, 4.69) is 19.2 Å². The number of carbonyl (C=O) groups excluding carboxylic acids is 1. The monoisotopic (exact) mass is 326 g/mol. The molecule has 1 saturated heterocycles. The van der Waals surface area contributed by atoms with Gasteiger partial charge in [-0.25, -0.2) is 0 Å². The van der Waals surface area contributed by atoms with Gasteiger partial charge in [0.1, 0.15) is 5.69 Å². The molecule has 0 radical (unpaired) electrons. The van der Waals surface area contributed by atoms with Gasteiger partial charge in [-0.3, -0.25) is 14.9 Å². The SMILES string of the molecule is C[C@@H]1C[C@@H](C)C[NH+](CC(=O)Nc2cc(Cl)ccc2[N+](=O)[O-])C1. The maximum atomic E-state index is 12.2. The molecular weight excluding hydrogens is 306 g/mol. The minimum absolute atomic E-state index is 0.145. The molecule has 1 aromatic rings. The number of nitrogens with zero attached hydrogens (tertiary/aromatic N) is 1. The van der Waals surface area contributed by atoms with Crippen LogP contribution in [0.1, 0.15) is 20.3 Å². The Morgan fingerprint density at radius 1 is 1.41 bits per heavy atom. The molecule has 1 heterocycles. The third-order valence-corrected chi connectivity index (χ3v) is 4.15. The number of halogens is 1. The molecule has 2 atom stereocenters. The van der Waals surface area contributed by atoms with E-state index in [1.54, 1.807) is 0 Å². The highest BCUT2D eigenvalue weighted by Gasteiger charge is 2.27. The molecule has 6 nitrogen and oxygen atoms in total. The predicted octanol–water partition coefficient (Wildman–Crippen LogP) is 1.75. The first-order chi connectivity index (χ1) is 10.3. The second-order valence-electron chi connectivity index (χ2n) is 6.25. The van der Waals surface area contributed by atoms with E-state index in [0.29, 0.717) is 23.4 Å². The number of hydrogen-bond acceptors (Lipinski definition) is 3. The molecule has 0 bridgehead atoms. The van der Waals surface area contributed by atoms with E-state index in [4.69, 9.17) is 11.6 Å². The average molecular weight is 327 g/mol. The van der Waals surface area contributed by atoms with Crippen molar-refractivity contribution in [3.63, 3.8) is 0 Å². The highest BCUT2D eigenvalue weighted by molar-refractivity contribution is 6.31. The predicted molar refractivity (Wildman–Crippen MR) is 85.2 cm³/mol. The van der Waals surface area contributed by atoms with Crippen molar-refractivity contribution >= 4 is 28.9 Å². The van der Waals surface area contributed by atoms with Gasteiger partial charge in [-0.05, 0) is 18.6 Å². The molecule has 1 aromatic carbocycles. The molecule has 0 unspecified atom stereocenters. The number of nitro benzene ring substituents is 1. The van der Waals surface area contributed by atoms with Crippen molar-refractivity contribution < 1.29 is 14.6 Å². The molecule has 0 spiro atoms. The van der Waals surface area contributed by atoms with Crippen LogP contribution in [0, 0.1) is 22.0 Å². The molecule has 1 fully saturated rings. The van der Waals surface area contributed by atoms with Crippen LogP contribution in [0.4, 0.5) is 11.4 Å². The summed E-state index contributed by atoms with van der Waals surface area (Å²) in [5.74, 6) is 0.959. The van der Waals surface area contributed by atoms with Crippen LogP contribution in [0.25, 0.3) is 0 Å². The third-order valence-electron chi connectivity index (χ3n) is 3.92. The van der Waals surface area contributed by atoms with Gasteiger partial charge in [0.25, 0.3) is 11.6 Å². The van der Waals surface area contributed by atoms with Gasteiger partial charge < -0.3 is 10.2 Å². The third kappa shape index (κ3) is 4.42. The van der Waals surface area contributed by atoms with E-state index >= 15 is 0 Å². The Balaban J connectivity index is 2.03. The molecule has 0 aromatic heterocycles. The number of anilines is 1. The number of hydrogen-bond donors (Lipinski definition) is 2. The Bertz CT molecular complexity index is 569. The molecule has 1 amide bonds. The van der Waals surface area contributed by atoms with Crippen LogP contribution in [0.5, 0.6) is 0 Å². The lowest BCUT2D eigenvalue weighted by atomic mass is 9.92. The van der Waals surface area contributed by atoms with Crippen molar-refractivity contribution in [2.75, 3.05) is 25.0 Å². The summed E-state index contributed by atoms with van der Waals surface area (Å²) in [6.07, 6.45) is 1.19. The zero-order valence-corrected chi connectivity index (χ0v) is 13.5. The van der Waals surface area contributed by atoms with E-state index in [0.717, 1.165) is 13.1 Å². The lowest BCUT2D eigenvalue weighted by molar-refractivity contribution is -0.904. The van der Waals surface area contributed by atoms with E-state index in [1.165, 1.54) is 29.5 Å². The van der Waals surface area contributed by atoms with E-state index < -0.39 is 4.92 Å². The Morgan fingerprint density at radius 3 is 2.64 bits per heavy atom. The minimum atomic E-state index is -0.524. The van der Waals surface area contributed by atoms with Crippen LogP contribution >= 0.6 is 11.6 Å². The Labute approximate surface area is 134 Å². The van der Waals surface area contributed by atoms with Gasteiger partial charge >= 0.3 is 0 Å². The first-order valence-electron chi connectivity index (χ1n) is 7.42. The van der Waals surface area contributed by atoms with Gasteiger partial charge in [0.2, 0.25) is 0 Å². The maximum absolute atomic E-state index is 12.2. The van der Waals surface area contributed by atoms with Crippen LogP contribution in [-0.4, -0.2) is 30.5 Å². The Hall–Kier alpha value is -1.66. The molecule has 1 aliphatic rings. The fourth-order valence-corrected chi connectivity index (χ4v) is 3.43. The van der Waals surface area contributed by atoms with Gasteiger partial charge in [-0.15, -0.1) is 0 Å². The zero-order chi connectivity index (χ0) is 16.3. The number of benzene rings is 1. The first kappa shape index (κ1) is 16.7. The summed E-state index contributed by atoms with van der Waals surface area (Å²) >= 11 is 5.86. The van der Waals surface area contributed by atoms with Crippen molar-refractivity contribution in [1.29, 1.82) is 0 Å². The van der Waals surface area contributed by atoms with Crippen molar-refractivity contribution in [2.24, 2.45) is 11.8 Å². The lowest BCUT2D eigenvalue weighted by Crippen LogP contribution is -3.15. The molecule has 1 aliphatic heterocycles. The van der Waals surface area contributed by atoms with Crippen molar-refractivity contribution in [3.05, 3.63) is 33.3 Å². The summed E-state index contributed by atoms with van der Waals surface area (Å²) in [6, 6.07) is 4.15. The molecule has 2 N–H and O–H groups in total. The van der Waals surface area contributed by atoms with Crippen LogP contribution in [0.15, 0.2) is 18.2 Å². The van der Waals surface area contributed by atoms with Gasteiger partial charge in [-0.1, -0.05) is 25.4 Å². The summed E-state index contributed by atoms with van der Waals surface area (Å²) in [7, 11) is 0. The molecule has 0 aliphatic carbocycles. The normalized spacial score (nSPS) is 24.8. The van der Waals surface area contributed by atoms with Crippen LogP contribution < -0.4 is 10.2 Å². The van der Waals surface area contributed by atoms with Crippen molar-refractivity contribution in [1.82, 2.24) is 0 Å². The van der Waals surface area contributed by atoms with Gasteiger partial charge in [0.05, 0.1) is 18.0 Å². The zero-order valence-electron chi connectivity index (χ0n) is 12.8. The number of carbonyl (C=O) groups is 1. The summed E-state index contributed by atoms with van der Waals surface area (Å²) in [5.41, 5.74) is 0.00753. The highest BCUT2D eigenvalue weighted by atomic mass is 35.5. The fraction of sp³-hybridized carbons (Fsp3) is 0.533. The number of piperidine rings is 1. The van der Waals surface area contributed by atoms with Gasteiger partial charge in [0.15, 0.2) is 6.54 Å². The number of rotatable bonds is 4. The standard InChI is InChI=1S/C15H20ClN3O3/c1-10-5-11(2)8-18(7-10)9-15(20)17-13-6-12(16)3-4-14(13)19(21)22/h3-4,6,10-11H,5,7-9H2,1-2H3,(H,17,20)/p+1/t10-,11-/m1/s1. The Kier molecular flexibility index (Phi) is 5.37. The molecule has 7 heteroatoms. The Morgan fingerprint density at radius 2 is 2.05 bits per heavy atom. The van der Waals surface area contributed by atoms with Gasteiger partial charge in [-0.2, -0.15) is 0 Å². The quantitative estimate of drug-likeness (QED) is 0.653. The molecule has 22 heavy (non-hydrogen) atoms. The number of nitrogens with one attached hydrogen (secondary N) is 2. The lowest BCUT2D eigenvalue weighted by Gasteiger charge is -2.31. The topological polar surface area (TPSA) is 76.7 Å². The van der Waals surface area contributed by atoms with Crippen LogP contribution in [0.3, 0.4) is 0 Å². The van der Waals surface area contributed by atoms with E-state index in [-0.39, 0.29) is 17.3 Å². The molecule has 0 saturated carbocycles. The van der Waals surface area contributed by atoms with Gasteiger partial charge in [0, 0.05) is 22.9 Å². The summed E-state index contributed by atoms with van der Waals surface area (Å²) < 4.78 is 0.